The molecule has 0 atom stereocenters. The number of nitro benzene ring substituents is 1. The number of hydrogen-bond donors (Lipinski definition) is 0. The topological polar surface area (TPSA) is 92.5 Å². The Hall–Kier alpha value is -3.41. The van der Waals surface area contributed by atoms with E-state index in [1.54, 1.807) is 13.8 Å². The molecule has 0 fully saturated rings. The van der Waals surface area contributed by atoms with E-state index in [0.717, 1.165) is 34.5 Å². The molecule has 0 saturated carbocycles. The third kappa shape index (κ3) is 3.21. The second kappa shape index (κ2) is 6.48. The molecule has 0 N–H and O–H groups in total. The molecule has 0 aliphatic rings. The number of carboxylic acid groups (broad SMARTS) is 1. The van der Waals surface area contributed by atoms with Crippen LogP contribution >= 0.6 is 0 Å². The van der Waals surface area contributed by atoms with Crippen LogP contribution in [0.4, 0.5) is 5.69 Å². The average Bonchev–Trinajstić information content (AvgIpc) is 2.60. The number of nitro groups is 1. The molecule has 3 rings (SSSR count). The number of rotatable bonds is 5. The van der Waals surface area contributed by atoms with Crippen LogP contribution in [0.25, 0.3) is 10.8 Å². The number of carbonyl (C=O) groups excluding carboxylic acids is 1. The van der Waals surface area contributed by atoms with Crippen LogP contribution in [0.3, 0.4) is 0 Å². The summed E-state index contributed by atoms with van der Waals surface area (Å²) in [6.07, 6.45) is 0. The molecule has 0 amide bonds. The van der Waals surface area contributed by atoms with Crippen molar-refractivity contribution in [2.45, 2.75) is 19.4 Å². The van der Waals surface area contributed by atoms with Gasteiger partial charge in [0, 0.05) is 17.2 Å². The van der Waals surface area contributed by atoms with Crippen LogP contribution in [0.15, 0.2) is 60.7 Å². The number of hydrogen-bond acceptors (Lipinski definition) is 5. The Morgan fingerprint density at radius 1 is 1.04 bits per heavy atom. The van der Waals surface area contributed by atoms with Crippen LogP contribution in [0.1, 0.15) is 29.8 Å². The van der Waals surface area contributed by atoms with Crippen molar-refractivity contribution in [2.75, 3.05) is 0 Å². The van der Waals surface area contributed by atoms with Crippen molar-refractivity contribution in [1.82, 2.24) is 0 Å². The van der Waals surface area contributed by atoms with E-state index in [1.165, 1.54) is 0 Å². The number of ether oxygens (including phenoxy) is 1. The summed E-state index contributed by atoms with van der Waals surface area (Å²) in [5, 5.41) is 24.4. The predicted octanol–water partition coefficient (Wildman–Crippen LogP) is 3.43. The second-order valence-electron chi connectivity index (χ2n) is 6.37. The van der Waals surface area contributed by atoms with Gasteiger partial charge < -0.3 is 14.6 Å². The summed E-state index contributed by atoms with van der Waals surface area (Å²) in [7, 11) is 0. The Bertz CT molecular complexity index is 1000. The maximum absolute atomic E-state index is 11.3. The molecule has 0 aromatic heterocycles. The SMILES string of the molecule is CC(C)(Oc1cc(C(=O)[O-])ccc1[N+](=O)[O-])c1cccc2ccccc12. The van der Waals surface area contributed by atoms with Gasteiger partial charge >= 0.3 is 5.69 Å². The van der Waals surface area contributed by atoms with Gasteiger partial charge in [-0.15, -0.1) is 0 Å². The van der Waals surface area contributed by atoms with Gasteiger partial charge in [0.1, 0.15) is 5.60 Å². The first kappa shape index (κ1) is 17.4. The molecule has 0 saturated heterocycles. The minimum atomic E-state index is -1.42. The highest BCUT2D eigenvalue weighted by Crippen LogP contribution is 2.37. The number of benzene rings is 3. The van der Waals surface area contributed by atoms with Gasteiger partial charge in [-0.1, -0.05) is 42.5 Å². The summed E-state index contributed by atoms with van der Waals surface area (Å²) in [4.78, 5) is 21.8. The molecule has 0 aliphatic heterocycles. The van der Waals surface area contributed by atoms with E-state index in [4.69, 9.17) is 4.74 Å². The first-order valence-electron chi connectivity index (χ1n) is 7.96. The quantitative estimate of drug-likeness (QED) is 0.519. The maximum Gasteiger partial charge on any atom is 0.311 e. The van der Waals surface area contributed by atoms with Crippen molar-refractivity contribution in [3.05, 3.63) is 81.9 Å². The summed E-state index contributed by atoms with van der Waals surface area (Å²) in [5.74, 6) is -1.54. The first-order valence-corrected chi connectivity index (χ1v) is 7.96. The van der Waals surface area contributed by atoms with E-state index in [-0.39, 0.29) is 17.0 Å². The largest absolute Gasteiger partial charge is 0.545 e. The molecule has 132 valence electrons. The Morgan fingerprint density at radius 2 is 1.73 bits per heavy atom. The second-order valence-corrected chi connectivity index (χ2v) is 6.37. The molecule has 3 aromatic rings. The number of fused-ring (bicyclic) bond motifs is 1. The predicted molar refractivity (Wildman–Crippen MR) is 95.0 cm³/mol. The maximum atomic E-state index is 11.3. The minimum absolute atomic E-state index is 0.116. The zero-order chi connectivity index (χ0) is 18.9. The molecule has 0 unspecified atom stereocenters. The van der Waals surface area contributed by atoms with Gasteiger partial charge in [-0.05, 0) is 36.8 Å². The van der Waals surface area contributed by atoms with Gasteiger partial charge in [0.15, 0.2) is 5.75 Å². The average molecular weight is 350 g/mol. The summed E-state index contributed by atoms with van der Waals surface area (Å²) < 4.78 is 5.95. The van der Waals surface area contributed by atoms with Gasteiger partial charge in [-0.3, -0.25) is 10.1 Å². The van der Waals surface area contributed by atoms with Crippen LogP contribution in [0, 0.1) is 10.1 Å². The van der Waals surface area contributed by atoms with Gasteiger partial charge in [0.25, 0.3) is 0 Å². The van der Waals surface area contributed by atoms with Gasteiger partial charge in [-0.25, -0.2) is 0 Å². The smallest absolute Gasteiger partial charge is 0.311 e. The summed E-state index contributed by atoms with van der Waals surface area (Å²) in [6, 6.07) is 16.8. The molecular weight excluding hydrogens is 334 g/mol. The molecule has 0 spiro atoms. The highest BCUT2D eigenvalue weighted by atomic mass is 16.6. The van der Waals surface area contributed by atoms with Gasteiger partial charge in [0.2, 0.25) is 0 Å². The molecule has 26 heavy (non-hydrogen) atoms. The summed E-state index contributed by atoms with van der Waals surface area (Å²) >= 11 is 0. The highest BCUT2D eigenvalue weighted by Gasteiger charge is 2.28. The van der Waals surface area contributed by atoms with Crippen LogP contribution in [0.5, 0.6) is 5.75 Å². The Morgan fingerprint density at radius 3 is 2.42 bits per heavy atom. The van der Waals surface area contributed by atoms with Crippen molar-refractivity contribution >= 4 is 22.4 Å². The fourth-order valence-corrected chi connectivity index (χ4v) is 2.95. The lowest BCUT2D eigenvalue weighted by atomic mass is 9.92. The number of nitrogens with zero attached hydrogens (tertiary/aromatic N) is 1. The van der Waals surface area contributed by atoms with E-state index >= 15 is 0 Å². The lowest BCUT2D eigenvalue weighted by Gasteiger charge is -2.28. The zero-order valence-electron chi connectivity index (χ0n) is 14.3. The monoisotopic (exact) mass is 350 g/mol. The van der Waals surface area contributed by atoms with Crippen LogP contribution < -0.4 is 9.84 Å². The normalized spacial score (nSPS) is 11.3. The number of aromatic carboxylic acids is 1. The van der Waals surface area contributed by atoms with E-state index in [2.05, 4.69) is 0 Å². The lowest BCUT2D eigenvalue weighted by molar-refractivity contribution is -0.386. The molecule has 6 nitrogen and oxygen atoms in total. The summed E-state index contributed by atoms with van der Waals surface area (Å²) in [6.45, 7) is 3.56. The Kier molecular flexibility index (Phi) is 4.34. The van der Waals surface area contributed by atoms with Crippen molar-refractivity contribution in [3.63, 3.8) is 0 Å². The zero-order valence-corrected chi connectivity index (χ0v) is 14.3. The summed E-state index contributed by atoms with van der Waals surface area (Å²) in [5.41, 5.74) is -0.581. The lowest BCUT2D eigenvalue weighted by Crippen LogP contribution is -2.27. The molecule has 0 radical (unpaired) electrons. The molecule has 6 heteroatoms. The first-order chi connectivity index (χ1) is 12.3. The highest BCUT2D eigenvalue weighted by molar-refractivity contribution is 5.87. The van der Waals surface area contributed by atoms with E-state index < -0.39 is 16.5 Å². The fourth-order valence-electron chi connectivity index (χ4n) is 2.95. The van der Waals surface area contributed by atoms with E-state index in [9.17, 15) is 20.0 Å². The van der Waals surface area contributed by atoms with E-state index in [1.807, 2.05) is 42.5 Å². The van der Waals surface area contributed by atoms with Crippen LogP contribution in [-0.4, -0.2) is 10.9 Å². The third-order valence-electron chi connectivity index (χ3n) is 4.20. The molecule has 3 aromatic carbocycles. The van der Waals surface area contributed by atoms with Gasteiger partial charge in [-0.2, -0.15) is 0 Å². The third-order valence-corrected chi connectivity index (χ3v) is 4.20. The Balaban J connectivity index is 2.10. The molecule has 0 bridgehead atoms. The van der Waals surface area contributed by atoms with Crippen molar-refractivity contribution < 1.29 is 19.6 Å². The molecule has 0 aliphatic carbocycles. The number of carbonyl (C=O) groups is 1. The van der Waals surface area contributed by atoms with Crippen molar-refractivity contribution in [2.24, 2.45) is 0 Å². The van der Waals surface area contributed by atoms with E-state index in [0.29, 0.717) is 0 Å². The van der Waals surface area contributed by atoms with Gasteiger partial charge in [0.05, 0.1) is 10.9 Å². The Labute approximate surface area is 149 Å². The molecule has 0 heterocycles. The van der Waals surface area contributed by atoms with Crippen LogP contribution in [0.2, 0.25) is 0 Å². The van der Waals surface area contributed by atoms with Crippen molar-refractivity contribution in [1.29, 1.82) is 0 Å². The fraction of sp³-hybridized carbons (Fsp3) is 0.150. The minimum Gasteiger partial charge on any atom is -0.545 e. The molecular formula is C20H16NO5-. The number of carboxylic acids is 1. The standard InChI is InChI=1S/C20H17NO5/c1-20(2,16-9-5-7-13-6-3-4-8-15(13)16)26-18-12-14(19(22)23)10-11-17(18)21(24)25/h3-12H,1-2H3,(H,22,23)/p-1. The van der Waals surface area contributed by atoms with Crippen molar-refractivity contribution in [3.8, 4) is 5.75 Å². The van der Waals surface area contributed by atoms with Crippen LogP contribution in [-0.2, 0) is 5.60 Å².